The number of ether oxygens (including phenoxy) is 3. The Morgan fingerprint density at radius 2 is 1.76 bits per heavy atom. The lowest BCUT2D eigenvalue weighted by Crippen LogP contribution is -2.20. The highest BCUT2D eigenvalue weighted by Crippen LogP contribution is 2.25. The molecular weight excluding hydrogens is 230 g/mol. The van der Waals surface area contributed by atoms with Crippen LogP contribution in [0.1, 0.15) is 0 Å². The van der Waals surface area contributed by atoms with Gasteiger partial charge in [-0.25, -0.2) is 14.4 Å². The molecule has 0 radical (unpaired) electrons. The van der Waals surface area contributed by atoms with Gasteiger partial charge in [0.15, 0.2) is 0 Å². The van der Waals surface area contributed by atoms with Gasteiger partial charge in [0.2, 0.25) is 0 Å². The molecule has 0 spiro atoms. The topological polar surface area (TPSA) is 81.9 Å². The zero-order chi connectivity index (χ0) is 13.0. The van der Waals surface area contributed by atoms with Crippen LogP contribution in [-0.2, 0) is 28.6 Å². The molecule has 17 heavy (non-hydrogen) atoms. The molecule has 1 saturated heterocycles. The van der Waals surface area contributed by atoms with Crippen molar-refractivity contribution in [3.05, 3.63) is 11.8 Å². The molecule has 0 aliphatic carbocycles. The molecule has 0 aromatic heterocycles. The SMILES string of the molecule is COC(=O)/C=C(\C(=O)OC)N1CC1C(=O)OC. The Morgan fingerprint density at radius 3 is 2.24 bits per heavy atom. The molecule has 1 atom stereocenters. The number of methoxy groups -OCH3 is 3. The van der Waals surface area contributed by atoms with Crippen molar-refractivity contribution in [1.82, 2.24) is 4.90 Å². The maximum atomic E-state index is 11.4. The van der Waals surface area contributed by atoms with Crippen LogP contribution in [0.15, 0.2) is 11.8 Å². The van der Waals surface area contributed by atoms with Gasteiger partial charge in [-0.15, -0.1) is 0 Å². The van der Waals surface area contributed by atoms with E-state index in [-0.39, 0.29) is 5.70 Å². The van der Waals surface area contributed by atoms with E-state index in [0.717, 1.165) is 6.08 Å². The first kappa shape index (κ1) is 13.0. The summed E-state index contributed by atoms with van der Waals surface area (Å²) in [6.45, 7) is 0.310. The Bertz CT molecular complexity index is 375. The van der Waals surface area contributed by atoms with Crippen molar-refractivity contribution < 1.29 is 28.6 Å². The number of hydrogen-bond donors (Lipinski definition) is 0. The molecule has 1 aliphatic heterocycles. The maximum Gasteiger partial charge on any atom is 0.354 e. The van der Waals surface area contributed by atoms with Crippen LogP contribution in [-0.4, -0.2) is 56.7 Å². The second-order valence-corrected chi connectivity index (χ2v) is 3.24. The fourth-order valence-electron chi connectivity index (χ4n) is 1.28. The highest BCUT2D eigenvalue weighted by molar-refractivity contribution is 5.97. The number of esters is 3. The van der Waals surface area contributed by atoms with Gasteiger partial charge in [0.1, 0.15) is 11.7 Å². The summed E-state index contributed by atoms with van der Waals surface area (Å²) in [6.07, 6.45) is 0.981. The van der Waals surface area contributed by atoms with Crippen LogP contribution in [0.25, 0.3) is 0 Å². The quantitative estimate of drug-likeness (QED) is 0.273. The van der Waals surface area contributed by atoms with E-state index < -0.39 is 23.9 Å². The lowest BCUT2D eigenvalue weighted by atomic mass is 10.4. The molecule has 0 amide bonds. The van der Waals surface area contributed by atoms with E-state index in [1.165, 1.54) is 26.2 Å². The lowest BCUT2D eigenvalue weighted by Gasteiger charge is -2.07. The Hall–Kier alpha value is -2.05. The van der Waals surface area contributed by atoms with Crippen molar-refractivity contribution in [3.8, 4) is 0 Å². The molecule has 0 aromatic carbocycles. The van der Waals surface area contributed by atoms with Gasteiger partial charge in [-0.2, -0.15) is 0 Å². The summed E-state index contributed by atoms with van der Waals surface area (Å²) < 4.78 is 13.4. The summed E-state index contributed by atoms with van der Waals surface area (Å²) in [5.74, 6) is -1.87. The van der Waals surface area contributed by atoms with Crippen LogP contribution in [0.4, 0.5) is 0 Å². The van der Waals surface area contributed by atoms with E-state index in [1.54, 1.807) is 0 Å². The Labute approximate surface area is 97.9 Å². The van der Waals surface area contributed by atoms with Crippen LogP contribution < -0.4 is 0 Å². The first-order chi connectivity index (χ1) is 8.04. The van der Waals surface area contributed by atoms with E-state index >= 15 is 0 Å². The van der Waals surface area contributed by atoms with Crippen LogP contribution in [0.2, 0.25) is 0 Å². The second kappa shape index (κ2) is 5.33. The zero-order valence-electron chi connectivity index (χ0n) is 9.76. The van der Waals surface area contributed by atoms with Crippen LogP contribution in [0.5, 0.6) is 0 Å². The van der Waals surface area contributed by atoms with Gasteiger partial charge in [0, 0.05) is 0 Å². The highest BCUT2D eigenvalue weighted by atomic mass is 16.5. The molecule has 1 fully saturated rings. The standard InChI is InChI=1S/C10H13NO6/c1-15-8(12)4-6(9(13)16-2)11-5-7(11)10(14)17-3/h4,7H,5H2,1-3H3/b6-4+. The van der Waals surface area contributed by atoms with Gasteiger partial charge in [-0.1, -0.05) is 0 Å². The smallest absolute Gasteiger partial charge is 0.354 e. The molecule has 7 nitrogen and oxygen atoms in total. The van der Waals surface area contributed by atoms with E-state index in [1.807, 2.05) is 0 Å². The van der Waals surface area contributed by atoms with Gasteiger partial charge in [-0.05, 0) is 0 Å². The van der Waals surface area contributed by atoms with Gasteiger partial charge >= 0.3 is 17.9 Å². The number of carbonyl (C=O) groups excluding carboxylic acids is 3. The van der Waals surface area contributed by atoms with Gasteiger partial charge < -0.3 is 19.1 Å². The van der Waals surface area contributed by atoms with E-state index in [4.69, 9.17) is 0 Å². The van der Waals surface area contributed by atoms with Crippen LogP contribution in [0, 0.1) is 0 Å². The molecule has 1 aliphatic rings. The number of nitrogens with zero attached hydrogens (tertiary/aromatic N) is 1. The van der Waals surface area contributed by atoms with Crippen molar-refractivity contribution in [2.75, 3.05) is 27.9 Å². The monoisotopic (exact) mass is 243 g/mol. The second-order valence-electron chi connectivity index (χ2n) is 3.24. The lowest BCUT2D eigenvalue weighted by molar-refractivity contribution is -0.141. The summed E-state index contributed by atoms with van der Waals surface area (Å²) in [7, 11) is 3.62. The molecule has 1 rings (SSSR count). The molecule has 94 valence electrons. The zero-order valence-corrected chi connectivity index (χ0v) is 9.76. The molecule has 0 saturated carbocycles. The first-order valence-electron chi connectivity index (χ1n) is 4.77. The molecule has 1 unspecified atom stereocenters. The molecule has 0 N–H and O–H groups in total. The summed E-state index contributed by atoms with van der Waals surface area (Å²) in [4.78, 5) is 35.1. The normalized spacial score (nSPS) is 18.4. The minimum atomic E-state index is -0.707. The number of rotatable bonds is 4. The summed E-state index contributed by atoms with van der Waals surface area (Å²) in [5.41, 5.74) is -0.0187. The third-order valence-corrected chi connectivity index (χ3v) is 2.25. The maximum absolute atomic E-state index is 11.4. The van der Waals surface area contributed by atoms with Crippen molar-refractivity contribution in [2.24, 2.45) is 0 Å². The van der Waals surface area contributed by atoms with E-state index in [0.29, 0.717) is 6.54 Å². The van der Waals surface area contributed by atoms with Crippen molar-refractivity contribution in [1.29, 1.82) is 0 Å². The fourth-order valence-corrected chi connectivity index (χ4v) is 1.28. The largest absolute Gasteiger partial charge is 0.467 e. The van der Waals surface area contributed by atoms with Crippen molar-refractivity contribution in [2.45, 2.75) is 6.04 Å². The number of hydrogen-bond acceptors (Lipinski definition) is 7. The van der Waals surface area contributed by atoms with Crippen LogP contribution >= 0.6 is 0 Å². The van der Waals surface area contributed by atoms with Gasteiger partial charge in [-0.3, -0.25) is 0 Å². The average Bonchev–Trinajstić information content (AvgIpc) is 3.13. The predicted molar refractivity (Wildman–Crippen MR) is 54.6 cm³/mol. The minimum Gasteiger partial charge on any atom is -0.467 e. The fraction of sp³-hybridized carbons (Fsp3) is 0.500. The highest BCUT2D eigenvalue weighted by Gasteiger charge is 2.45. The first-order valence-corrected chi connectivity index (χ1v) is 4.77. The minimum absolute atomic E-state index is 0.0187. The summed E-state index contributed by atoms with van der Waals surface area (Å²) >= 11 is 0. The average molecular weight is 243 g/mol. The summed E-state index contributed by atoms with van der Waals surface area (Å²) in [6, 6.07) is -0.546. The number of carbonyl (C=O) groups is 3. The third kappa shape index (κ3) is 2.96. The van der Waals surface area contributed by atoms with E-state index in [2.05, 4.69) is 14.2 Å². The van der Waals surface area contributed by atoms with Gasteiger partial charge in [0.05, 0.1) is 34.0 Å². The predicted octanol–water partition coefficient (Wildman–Crippen LogP) is -0.926. The Morgan fingerprint density at radius 1 is 1.12 bits per heavy atom. The van der Waals surface area contributed by atoms with E-state index in [9.17, 15) is 14.4 Å². The molecule has 1 heterocycles. The molecule has 7 heteroatoms. The molecule has 0 bridgehead atoms. The molecular formula is C10H13NO6. The Balaban J connectivity index is 2.81. The molecule has 0 aromatic rings. The Kier molecular flexibility index (Phi) is 4.08. The third-order valence-electron chi connectivity index (χ3n) is 2.25. The van der Waals surface area contributed by atoms with Crippen LogP contribution in [0.3, 0.4) is 0 Å². The van der Waals surface area contributed by atoms with Crippen molar-refractivity contribution in [3.63, 3.8) is 0 Å². The van der Waals surface area contributed by atoms with Crippen molar-refractivity contribution >= 4 is 17.9 Å². The van der Waals surface area contributed by atoms with Gasteiger partial charge in [0.25, 0.3) is 0 Å². The summed E-state index contributed by atoms with van der Waals surface area (Å²) in [5, 5.41) is 0.